The summed E-state index contributed by atoms with van der Waals surface area (Å²) in [5, 5.41) is 10.5. The van der Waals surface area contributed by atoms with Crippen LogP contribution in [0.4, 0.5) is 0 Å². The van der Waals surface area contributed by atoms with Crippen LogP contribution in [0, 0.1) is 0 Å². The van der Waals surface area contributed by atoms with Gasteiger partial charge in [-0.25, -0.2) is 4.99 Å². The minimum Gasteiger partial charge on any atom is -0.389 e. The number of allylic oxidation sites excluding steroid dienone is 3. The van der Waals surface area contributed by atoms with E-state index < -0.39 is 6.10 Å². The molecule has 2 unspecified atom stereocenters. The molecular formula is C20H31ClN4O2. The number of rotatable bonds is 5. The molecule has 0 aromatic heterocycles. The summed E-state index contributed by atoms with van der Waals surface area (Å²) in [6, 6.07) is 0. The summed E-state index contributed by atoms with van der Waals surface area (Å²) in [6.45, 7) is 18.4. The van der Waals surface area contributed by atoms with Gasteiger partial charge in [0, 0.05) is 38.9 Å². The third-order valence-electron chi connectivity index (χ3n) is 5.28. The molecule has 0 amide bonds. The van der Waals surface area contributed by atoms with E-state index in [0.717, 1.165) is 43.0 Å². The molecule has 2 heterocycles. The number of amidine groups is 1. The summed E-state index contributed by atoms with van der Waals surface area (Å²) in [7, 11) is 1.60. The predicted octanol–water partition coefficient (Wildman–Crippen LogP) is 2.46. The Hall–Kier alpha value is -1.47. The van der Waals surface area contributed by atoms with Crippen molar-refractivity contribution in [1.82, 2.24) is 9.80 Å². The Morgan fingerprint density at radius 2 is 1.85 bits per heavy atom. The van der Waals surface area contributed by atoms with Crippen molar-refractivity contribution < 1.29 is 9.84 Å². The molecule has 0 bridgehead atoms. The lowest BCUT2D eigenvalue weighted by atomic mass is 9.95. The summed E-state index contributed by atoms with van der Waals surface area (Å²) < 4.78 is 5.48. The highest BCUT2D eigenvalue weighted by atomic mass is 35.5. The zero-order valence-electron chi connectivity index (χ0n) is 16.8. The Kier molecular flexibility index (Phi) is 7.40. The zero-order chi connectivity index (χ0) is 20.2. The standard InChI is InChI=1S/C20H31ClN4O2/c1-14(2)16(23-19(21)22-6)11-17(15(3)4)24-7-9-25(10-8-24)20(5)13-27-12-18(20)26/h11,18,26H,1,3,7-10,12-13H2,2,4-6H3/b17-11+,22-19?,23-16-. The lowest BCUT2D eigenvalue weighted by molar-refractivity contribution is -0.0106. The average Bonchev–Trinajstić information content (AvgIpc) is 2.97. The number of aliphatic hydroxyl groups is 1. The highest BCUT2D eigenvalue weighted by molar-refractivity contribution is 6.65. The molecule has 1 N–H and O–H groups in total. The Morgan fingerprint density at radius 1 is 1.22 bits per heavy atom. The van der Waals surface area contributed by atoms with Crippen LogP contribution in [0.2, 0.25) is 0 Å². The molecule has 0 radical (unpaired) electrons. The van der Waals surface area contributed by atoms with Crippen molar-refractivity contribution >= 4 is 22.6 Å². The lowest BCUT2D eigenvalue weighted by Gasteiger charge is -2.45. The Bertz CT molecular complexity index is 677. The summed E-state index contributed by atoms with van der Waals surface area (Å²) in [6.07, 6.45) is 1.53. The number of nitrogens with zero attached hydrogens (tertiary/aromatic N) is 4. The Labute approximate surface area is 167 Å². The number of hydrogen-bond donors (Lipinski definition) is 1. The SMILES string of the molecule is C=C(C)C(/C=C(\C(=C)C)N1CCN(C2(C)COCC2O)CC1)=N\C(Cl)=NC. The fourth-order valence-corrected chi connectivity index (χ4v) is 3.52. The first kappa shape index (κ1) is 21.8. The van der Waals surface area contributed by atoms with Crippen LogP contribution in [0.25, 0.3) is 0 Å². The zero-order valence-corrected chi connectivity index (χ0v) is 17.6. The molecular weight excluding hydrogens is 364 g/mol. The van der Waals surface area contributed by atoms with Crippen LogP contribution in [-0.4, -0.2) is 84.0 Å². The Balaban J connectivity index is 2.18. The molecule has 0 spiro atoms. The van der Waals surface area contributed by atoms with Gasteiger partial charge < -0.3 is 14.7 Å². The van der Waals surface area contributed by atoms with Crippen LogP contribution in [0.5, 0.6) is 0 Å². The number of piperazine rings is 1. The Morgan fingerprint density at radius 3 is 2.30 bits per heavy atom. The minimum atomic E-state index is -0.446. The topological polar surface area (TPSA) is 60.7 Å². The highest BCUT2D eigenvalue weighted by Gasteiger charge is 2.44. The molecule has 7 heteroatoms. The van der Waals surface area contributed by atoms with Gasteiger partial charge in [-0.3, -0.25) is 9.89 Å². The van der Waals surface area contributed by atoms with Crippen molar-refractivity contribution in [3.8, 4) is 0 Å². The maximum Gasteiger partial charge on any atom is 0.217 e. The second-order valence-corrected chi connectivity index (χ2v) is 7.78. The fraction of sp³-hybridized carbons (Fsp3) is 0.600. The van der Waals surface area contributed by atoms with Crippen molar-refractivity contribution in [3.05, 3.63) is 36.1 Å². The lowest BCUT2D eigenvalue weighted by Crippen LogP contribution is -2.60. The van der Waals surface area contributed by atoms with Crippen molar-refractivity contribution in [3.63, 3.8) is 0 Å². The van der Waals surface area contributed by atoms with Crippen molar-refractivity contribution in [2.45, 2.75) is 32.4 Å². The first-order valence-corrected chi connectivity index (χ1v) is 9.57. The molecule has 0 aromatic carbocycles. The molecule has 27 heavy (non-hydrogen) atoms. The van der Waals surface area contributed by atoms with Crippen LogP contribution in [0.1, 0.15) is 20.8 Å². The van der Waals surface area contributed by atoms with Crippen LogP contribution < -0.4 is 0 Å². The quantitative estimate of drug-likeness (QED) is 0.337. The van der Waals surface area contributed by atoms with Gasteiger partial charge in [0.15, 0.2) is 0 Å². The van der Waals surface area contributed by atoms with Gasteiger partial charge >= 0.3 is 0 Å². The summed E-state index contributed by atoms with van der Waals surface area (Å²) in [5.41, 5.74) is 3.17. The van der Waals surface area contributed by atoms with Gasteiger partial charge in [-0.05, 0) is 49.6 Å². The molecule has 0 saturated carbocycles. The minimum absolute atomic E-state index is 0.193. The summed E-state index contributed by atoms with van der Waals surface area (Å²) in [4.78, 5) is 12.8. The van der Waals surface area contributed by atoms with Gasteiger partial charge in [-0.2, -0.15) is 0 Å². The van der Waals surface area contributed by atoms with Gasteiger partial charge in [0.2, 0.25) is 5.29 Å². The highest BCUT2D eigenvalue weighted by Crippen LogP contribution is 2.28. The maximum absolute atomic E-state index is 10.3. The van der Waals surface area contributed by atoms with Gasteiger partial charge in [0.1, 0.15) is 0 Å². The van der Waals surface area contributed by atoms with Gasteiger partial charge in [-0.1, -0.05) is 13.2 Å². The van der Waals surface area contributed by atoms with E-state index in [1.165, 1.54) is 0 Å². The predicted molar refractivity (Wildman–Crippen MR) is 113 cm³/mol. The normalized spacial score (nSPS) is 28.6. The molecule has 2 fully saturated rings. The largest absolute Gasteiger partial charge is 0.389 e. The smallest absolute Gasteiger partial charge is 0.217 e. The van der Waals surface area contributed by atoms with E-state index in [0.29, 0.717) is 18.9 Å². The summed E-state index contributed by atoms with van der Waals surface area (Å²) >= 11 is 5.99. The molecule has 2 saturated heterocycles. The molecule has 2 rings (SSSR count). The summed E-state index contributed by atoms with van der Waals surface area (Å²) in [5.74, 6) is 0. The van der Waals surface area contributed by atoms with Crippen molar-refractivity contribution in [2.24, 2.45) is 9.98 Å². The molecule has 0 aliphatic carbocycles. The first-order valence-electron chi connectivity index (χ1n) is 9.19. The average molecular weight is 395 g/mol. The monoisotopic (exact) mass is 394 g/mol. The van der Waals surface area contributed by atoms with Gasteiger partial charge in [0.05, 0.1) is 30.6 Å². The van der Waals surface area contributed by atoms with Gasteiger partial charge in [0.25, 0.3) is 0 Å². The van der Waals surface area contributed by atoms with E-state index in [1.54, 1.807) is 7.05 Å². The molecule has 6 nitrogen and oxygen atoms in total. The number of aliphatic hydroxyl groups excluding tert-OH is 1. The van der Waals surface area contributed by atoms with Crippen molar-refractivity contribution in [1.29, 1.82) is 0 Å². The molecule has 0 aromatic rings. The number of ether oxygens (including phenoxy) is 1. The van der Waals surface area contributed by atoms with Crippen LogP contribution in [0.15, 0.2) is 46.1 Å². The van der Waals surface area contributed by atoms with E-state index >= 15 is 0 Å². The second kappa shape index (κ2) is 9.15. The van der Waals surface area contributed by atoms with Crippen LogP contribution in [0.3, 0.4) is 0 Å². The molecule has 2 aliphatic rings. The second-order valence-electron chi connectivity index (χ2n) is 7.44. The third kappa shape index (κ3) is 5.08. The van der Waals surface area contributed by atoms with Gasteiger partial charge in [-0.15, -0.1) is 0 Å². The third-order valence-corrected chi connectivity index (χ3v) is 5.53. The van der Waals surface area contributed by atoms with E-state index in [1.807, 2.05) is 19.9 Å². The fourth-order valence-electron chi connectivity index (χ4n) is 3.43. The molecule has 2 atom stereocenters. The number of hydrogen-bond acceptors (Lipinski definition) is 5. The maximum atomic E-state index is 10.3. The van der Waals surface area contributed by atoms with Crippen molar-refractivity contribution in [2.75, 3.05) is 46.4 Å². The molecule has 2 aliphatic heterocycles. The van der Waals surface area contributed by atoms with E-state index in [-0.39, 0.29) is 10.8 Å². The van der Waals surface area contributed by atoms with E-state index in [4.69, 9.17) is 16.3 Å². The van der Waals surface area contributed by atoms with E-state index in [9.17, 15) is 5.11 Å². The number of aliphatic imine (C=N–C) groups is 2. The van der Waals surface area contributed by atoms with E-state index in [2.05, 4.69) is 39.9 Å². The van der Waals surface area contributed by atoms with Crippen LogP contribution >= 0.6 is 11.6 Å². The van der Waals surface area contributed by atoms with Crippen LogP contribution in [-0.2, 0) is 4.74 Å². The first-order chi connectivity index (χ1) is 12.7. The molecule has 150 valence electrons. The number of halogens is 1.